The number of carboxylic acid groups (broad SMARTS) is 1. The third-order valence-corrected chi connectivity index (χ3v) is 4.98. The predicted octanol–water partition coefficient (Wildman–Crippen LogP) is 3.91. The summed E-state index contributed by atoms with van der Waals surface area (Å²) in [5.74, 6) is -2.54. The molecule has 0 spiro atoms. The van der Waals surface area contributed by atoms with Gasteiger partial charge in [0.25, 0.3) is 0 Å². The summed E-state index contributed by atoms with van der Waals surface area (Å²) in [4.78, 5) is 23.5. The van der Waals surface area contributed by atoms with Crippen LogP contribution >= 0.6 is 22.6 Å². The van der Waals surface area contributed by atoms with E-state index in [4.69, 9.17) is 9.84 Å². The maximum Gasteiger partial charge on any atom is 0.340 e. The second-order valence-electron chi connectivity index (χ2n) is 5.54. The van der Waals surface area contributed by atoms with Crippen molar-refractivity contribution in [2.45, 2.75) is 6.61 Å². The van der Waals surface area contributed by atoms with E-state index < -0.39 is 23.3 Å². The van der Waals surface area contributed by atoms with Crippen molar-refractivity contribution in [2.75, 3.05) is 0 Å². The van der Waals surface area contributed by atoms with Gasteiger partial charge in [0, 0.05) is 0 Å². The largest absolute Gasteiger partial charge is 0.507 e. The summed E-state index contributed by atoms with van der Waals surface area (Å²) in [6.07, 6.45) is 0. The number of esters is 1. The number of aromatic carboxylic acids is 1. The van der Waals surface area contributed by atoms with Crippen LogP contribution in [0.1, 0.15) is 26.3 Å². The Morgan fingerprint density at radius 2 is 1.77 bits per heavy atom. The SMILES string of the molecule is O=C(OCc1ccc2c(I)c(O)ccc2c1)c1cccc(O)c1C(=O)O. The van der Waals surface area contributed by atoms with Crippen LogP contribution in [0, 0.1) is 3.57 Å². The van der Waals surface area contributed by atoms with Crippen LogP contribution in [0.3, 0.4) is 0 Å². The zero-order valence-electron chi connectivity index (χ0n) is 13.3. The van der Waals surface area contributed by atoms with Crippen LogP contribution in [-0.4, -0.2) is 27.3 Å². The molecule has 3 aromatic rings. The third-order valence-electron chi connectivity index (χ3n) is 3.84. The number of aromatic hydroxyl groups is 2. The predicted molar refractivity (Wildman–Crippen MR) is 103 cm³/mol. The molecule has 132 valence electrons. The number of rotatable bonds is 4. The number of halogens is 1. The van der Waals surface area contributed by atoms with Gasteiger partial charge in [-0.2, -0.15) is 0 Å². The van der Waals surface area contributed by atoms with E-state index in [0.717, 1.165) is 14.3 Å². The Kier molecular flexibility index (Phi) is 4.99. The minimum absolute atomic E-state index is 0.0546. The highest BCUT2D eigenvalue weighted by Gasteiger charge is 2.21. The molecule has 0 amide bonds. The van der Waals surface area contributed by atoms with Crippen molar-refractivity contribution in [3.05, 3.63) is 68.8 Å². The maximum absolute atomic E-state index is 12.2. The fraction of sp³-hybridized carbons (Fsp3) is 0.0526. The molecular weight excluding hydrogens is 451 g/mol. The standard InChI is InChI=1S/C19H13IO6/c20-17-12-6-4-10(8-11(12)5-7-15(17)22)9-26-19(25)13-2-1-3-14(21)16(13)18(23)24/h1-8,21-22H,9H2,(H,23,24). The summed E-state index contributed by atoms with van der Waals surface area (Å²) in [6.45, 7) is -0.0546. The molecule has 3 aromatic carbocycles. The van der Waals surface area contributed by atoms with Crippen LogP contribution in [0.4, 0.5) is 0 Å². The molecule has 0 bridgehead atoms. The summed E-state index contributed by atoms with van der Waals surface area (Å²) in [7, 11) is 0. The molecule has 0 aromatic heterocycles. The minimum atomic E-state index is -1.41. The van der Waals surface area contributed by atoms with Gasteiger partial charge in [-0.25, -0.2) is 9.59 Å². The number of carbonyl (C=O) groups excluding carboxylic acids is 1. The average Bonchev–Trinajstić information content (AvgIpc) is 2.62. The summed E-state index contributed by atoms with van der Waals surface area (Å²) in [5, 5.41) is 30.3. The molecule has 0 radical (unpaired) electrons. The Morgan fingerprint density at radius 1 is 1.00 bits per heavy atom. The highest BCUT2D eigenvalue weighted by atomic mass is 127. The fourth-order valence-corrected chi connectivity index (χ4v) is 3.25. The molecule has 0 saturated heterocycles. The first-order valence-electron chi connectivity index (χ1n) is 7.51. The molecule has 3 rings (SSSR count). The third kappa shape index (κ3) is 3.43. The lowest BCUT2D eigenvalue weighted by atomic mass is 10.1. The molecule has 0 aliphatic rings. The second-order valence-corrected chi connectivity index (χ2v) is 6.61. The number of phenolic OH excluding ortho intramolecular Hbond substituents is 1. The summed E-state index contributed by atoms with van der Waals surface area (Å²) >= 11 is 2.05. The fourth-order valence-electron chi connectivity index (χ4n) is 2.58. The van der Waals surface area contributed by atoms with Crippen LogP contribution in [0.25, 0.3) is 10.8 Å². The van der Waals surface area contributed by atoms with Crippen LogP contribution < -0.4 is 0 Å². The molecular formula is C19H13IO6. The van der Waals surface area contributed by atoms with Gasteiger partial charge in [0.2, 0.25) is 0 Å². The lowest BCUT2D eigenvalue weighted by Crippen LogP contribution is -2.12. The van der Waals surface area contributed by atoms with Crippen molar-refractivity contribution in [1.29, 1.82) is 0 Å². The first kappa shape index (κ1) is 18.0. The van der Waals surface area contributed by atoms with Gasteiger partial charge in [0.05, 0.1) is 9.13 Å². The lowest BCUT2D eigenvalue weighted by Gasteiger charge is -2.10. The van der Waals surface area contributed by atoms with Gasteiger partial charge in [-0.3, -0.25) is 0 Å². The number of hydrogen-bond donors (Lipinski definition) is 3. The first-order valence-corrected chi connectivity index (χ1v) is 8.59. The maximum atomic E-state index is 12.2. The van der Waals surface area contributed by atoms with Crippen molar-refractivity contribution < 1.29 is 29.6 Å². The molecule has 0 heterocycles. The second kappa shape index (κ2) is 7.20. The van der Waals surface area contributed by atoms with E-state index in [1.807, 2.05) is 12.1 Å². The number of carboxylic acids is 1. The van der Waals surface area contributed by atoms with Gasteiger partial charge in [-0.05, 0) is 63.2 Å². The smallest absolute Gasteiger partial charge is 0.340 e. The van der Waals surface area contributed by atoms with Crippen LogP contribution in [-0.2, 0) is 11.3 Å². The van der Waals surface area contributed by atoms with Crippen LogP contribution in [0.2, 0.25) is 0 Å². The van der Waals surface area contributed by atoms with Gasteiger partial charge in [-0.15, -0.1) is 0 Å². The topological polar surface area (TPSA) is 104 Å². The Morgan fingerprint density at radius 3 is 2.50 bits per heavy atom. The van der Waals surface area contributed by atoms with Gasteiger partial charge in [0.1, 0.15) is 23.7 Å². The normalized spacial score (nSPS) is 10.7. The minimum Gasteiger partial charge on any atom is -0.507 e. The monoisotopic (exact) mass is 464 g/mol. The Hall–Kier alpha value is -2.81. The molecule has 0 aliphatic heterocycles. The molecule has 7 heteroatoms. The number of fused-ring (bicyclic) bond motifs is 1. The van der Waals surface area contributed by atoms with Gasteiger partial charge >= 0.3 is 11.9 Å². The highest BCUT2D eigenvalue weighted by Crippen LogP contribution is 2.29. The molecule has 0 atom stereocenters. The van der Waals surface area contributed by atoms with Gasteiger partial charge in [-0.1, -0.05) is 24.3 Å². The van der Waals surface area contributed by atoms with Crippen molar-refractivity contribution in [3.8, 4) is 11.5 Å². The first-order chi connectivity index (χ1) is 12.4. The van der Waals surface area contributed by atoms with E-state index in [1.54, 1.807) is 18.2 Å². The Bertz CT molecular complexity index is 1030. The lowest BCUT2D eigenvalue weighted by molar-refractivity contribution is 0.0462. The van der Waals surface area contributed by atoms with Crippen molar-refractivity contribution in [2.24, 2.45) is 0 Å². The van der Waals surface area contributed by atoms with Crippen LogP contribution in [0.5, 0.6) is 11.5 Å². The van der Waals surface area contributed by atoms with E-state index in [9.17, 15) is 19.8 Å². The Labute approximate surface area is 161 Å². The summed E-state index contributed by atoms with van der Waals surface area (Å²) in [5.41, 5.74) is 0.0168. The molecule has 6 nitrogen and oxygen atoms in total. The number of benzene rings is 3. The van der Waals surface area contributed by atoms with Crippen molar-refractivity contribution >= 4 is 45.3 Å². The molecule has 0 saturated carbocycles. The van der Waals surface area contributed by atoms with Crippen molar-refractivity contribution in [3.63, 3.8) is 0 Å². The summed E-state index contributed by atoms with van der Waals surface area (Å²) < 4.78 is 5.93. The van der Waals surface area contributed by atoms with E-state index >= 15 is 0 Å². The number of carbonyl (C=O) groups is 2. The Balaban J connectivity index is 1.82. The number of hydrogen-bond acceptors (Lipinski definition) is 5. The van der Waals surface area contributed by atoms with Gasteiger partial charge < -0.3 is 20.1 Å². The van der Waals surface area contributed by atoms with E-state index in [1.165, 1.54) is 18.2 Å². The molecule has 0 unspecified atom stereocenters. The number of ether oxygens (including phenoxy) is 1. The zero-order chi connectivity index (χ0) is 18.8. The van der Waals surface area contributed by atoms with E-state index in [2.05, 4.69) is 22.6 Å². The van der Waals surface area contributed by atoms with Crippen LogP contribution in [0.15, 0.2) is 48.5 Å². The average molecular weight is 464 g/mol. The van der Waals surface area contributed by atoms with Crippen molar-refractivity contribution in [1.82, 2.24) is 0 Å². The number of phenols is 2. The van der Waals surface area contributed by atoms with E-state index in [-0.39, 0.29) is 17.9 Å². The zero-order valence-corrected chi connectivity index (χ0v) is 15.4. The molecule has 0 fully saturated rings. The quantitative estimate of drug-likeness (QED) is 0.400. The molecule has 26 heavy (non-hydrogen) atoms. The highest BCUT2D eigenvalue weighted by molar-refractivity contribution is 14.1. The van der Waals surface area contributed by atoms with E-state index in [0.29, 0.717) is 5.56 Å². The molecule has 0 aliphatic carbocycles. The van der Waals surface area contributed by atoms with Gasteiger partial charge in [0.15, 0.2) is 0 Å². The summed E-state index contributed by atoms with van der Waals surface area (Å²) in [6, 6.07) is 12.6. The molecule has 3 N–H and O–H groups in total.